The van der Waals surface area contributed by atoms with Crippen LogP contribution in [0.4, 0.5) is 5.69 Å². The first kappa shape index (κ1) is 20.0. The maximum Gasteiger partial charge on any atom is 0.269 e. The predicted molar refractivity (Wildman–Crippen MR) is 120 cm³/mol. The van der Waals surface area contributed by atoms with Gasteiger partial charge in [-0.15, -0.1) is 0 Å². The smallest absolute Gasteiger partial charge is 0.269 e. The Morgan fingerprint density at radius 3 is 2.68 bits per heavy atom. The van der Waals surface area contributed by atoms with Crippen LogP contribution in [0.15, 0.2) is 59.8 Å². The molecule has 2 aromatic heterocycles. The minimum absolute atomic E-state index is 0.0270. The van der Waals surface area contributed by atoms with Crippen LogP contribution in [0, 0.1) is 0 Å². The average Bonchev–Trinajstić information content (AvgIpc) is 3.39. The van der Waals surface area contributed by atoms with Crippen molar-refractivity contribution >= 4 is 38.2 Å². The van der Waals surface area contributed by atoms with E-state index >= 15 is 0 Å². The first-order valence-corrected chi connectivity index (χ1v) is 11.9. The van der Waals surface area contributed by atoms with Crippen molar-refractivity contribution in [3.8, 4) is 0 Å². The van der Waals surface area contributed by atoms with Crippen molar-refractivity contribution in [2.24, 2.45) is 0 Å². The van der Waals surface area contributed by atoms with E-state index in [4.69, 9.17) is 0 Å². The second kappa shape index (κ2) is 7.62. The topological polar surface area (TPSA) is 75.5 Å². The number of hydrogen-bond donors (Lipinski definition) is 0. The van der Waals surface area contributed by atoms with Crippen LogP contribution in [0.2, 0.25) is 0 Å². The van der Waals surface area contributed by atoms with Crippen LogP contribution >= 0.6 is 0 Å². The number of likely N-dealkylation sites (N-methyl/N-ethyl adjacent to an activating group) is 1. The van der Waals surface area contributed by atoms with E-state index in [9.17, 15) is 13.2 Å². The van der Waals surface area contributed by atoms with Gasteiger partial charge in [-0.3, -0.25) is 4.79 Å². The number of carbonyl (C=O) groups excluding carboxylic acids is 1. The molecule has 0 N–H and O–H groups in total. The summed E-state index contributed by atoms with van der Waals surface area (Å²) in [6.45, 7) is 2.38. The lowest BCUT2D eigenvalue weighted by Crippen LogP contribution is -2.24. The Morgan fingerprint density at radius 2 is 1.94 bits per heavy atom. The molecule has 1 amide bonds. The fourth-order valence-electron chi connectivity index (χ4n) is 4.33. The highest BCUT2D eigenvalue weighted by atomic mass is 32.2. The van der Waals surface area contributed by atoms with E-state index in [1.807, 2.05) is 12.1 Å². The van der Waals surface area contributed by atoms with Crippen LogP contribution in [-0.2, 0) is 14.8 Å². The third-order valence-electron chi connectivity index (χ3n) is 6.05. The van der Waals surface area contributed by atoms with Gasteiger partial charge in [0.15, 0.2) is 5.65 Å². The van der Waals surface area contributed by atoms with Crippen LogP contribution in [-0.4, -0.2) is 54.9 Å². The van der Waals surface area contributed by atoms with Crippen LogP contribution in [0.25, 0.3) is 16.6 Å². The van der Waals surface area contributed by atoms with Gasteiger partial charge in [0.05, 0.1) is 4.90 Å². The van der Waals surface area contributed by atoms with Crippen molar-refractivity contribution in [1.82, 2.24) is 13.9 Å². The summed E-state index contributed by atoms with van der Waals surface area (Å²) in [5.74, 6) is 0.0270. The van der Waals surface area contributed by atoms with E-state index in [1.54, 1.807) is 41.6 Å². The lowest BCUT2D eigenvalue weighted by Gasteiger charge is -2.21. The Morgan fingerprint density at radius 1 is 1.06 bits per heavy atom. The van der Waals surface area contributed by atoms with Crippen LogP contribution in [0.1, 0.15) is 24.8 Å². The minimum atomic E-state index is -3.89. The van der Waals surface area contributed by atoms with Crippen molar-refractivity contribution in [2.45, 2.75) is 24.2 Å². The van der Waals surface area contributed by atoms with E-state index in [0.717, 1.165) is 42.5 Å². The number of rotatable bonds is 4. The van der Waals surface area contributed by atoms with E-state index in [-0.39, 0.29) is 10.8 Å². The third kappa shape index (κ3) is 3.45. The van der Waals surface area contributed by atoms with Gasteiger partial charge in [-0.2, -0.15) is 0 Å². The molecule has 4 heterocycles. The Kier molecular flexibility index (Phi) is 4.91. The van der Waals surface area contributed by atoms with Crippen LogP contribution in [0.3, 0.4) is 0 Å². The summed E-state index contributed by atoms with van der Waals surface area (Å²) < 4.78 is 28.6. The van der Waals surface area contributed by atoms with Crippen molar-refractivity contribution in [1.29, 1.82) is 0 Å². The molecule has 1 saturated heterocycles. The van der Waals surface area contributed by atoms with Gasteiger partial charge in [0.25, 0.3) is 10.0 Å². The molecule has 0 spiro atoms. The van der Waals surface area contributed by atoms with Gasteiger partial charge in [-0.05, 0) is 55.8 Å². The summed E-state index contributed by atoms with van der Waals surface area (Å²) in [5, 5.41) is 0.827. The molecule has 0 saturated carbocycles. The minimum Gasteiger partial charge on any atom is -0.312 e. The molecule has 0 aliphatic carbocycles. The first-order chi connectivity index (χ1) is 14.9. The summed E-state index contributed by atoms with van der Waals surface area (Å²) in [7, 11) is -1.82. The van der Waals surface area contributed by atoms with Gasteiger partial charge in [0, 0.05) is 55.1 Å². The van der Waals surface area contributed by atoms with Crippen molar-refractivity contribution < 1.29 is 13.2 Å². The second-order valence-electron chi connectivity index (χ2n) is 8.11. The number of anilines is 1. The van der Waals surface area contributed by atoms with E-state index in [2.05, 4.69) is 23.0 Å². The van der Waals surface area contributed by atoms with Gasteiger partial charge in [-0.1, -0.05) is 12.1 Å². The molecule has 5 rings (SSSR count). The molecule has 7 nitrogen and oxygen atoms in total. The fraction of sp³-hybridized carbons (Fsp3) is 0.304. The molecule has 1 aromatic carbocycles. The van der Waals surface area contributed by atoms with Crippen LogP contribution in [0.5, 0.6) is 0 Å². The molecule has 0 atom stereocenters. The van der Waals surface area contributed by atoms with E-state index in [0.29, 0.717) is 24.3 Å². The Hall–Kier alpha value is -2.97. The Labute approximate surface area is 181 Å². The average molecular weight is 437 g/mol. The second-order valence-corrected chi connectivity index (χ2v) is 9.92. The molecule has 2 aliphatic rings. The molecule has 160 valence electrons. The molecule has 0 unspecified atom stereocenters. The van der Waals surface area contributed by atoms with Crippen LogP contribution < -0.4 is 4.90 Å². The quantitative estimate of drug-likeness (QED) is 0.628. The lowest BCUT2D eigenvalue weighted by molar-refractivity contribution is -0.117. The zero-order valence-electron chi connectivity index (χ0n) is 17.4. The zero-order valence-corrected chi connectivity index (χ0v) is 18.2. The molecule has 3 aromatic rings. The highest BCUT2D eigenvalue weighted by Crippen LogP contribution is 2.33. The number of nitrogens with zero attached hydrogens (tertiary/aromatic N) is 4. The summed E-state index contributed by atoms with van der Waals surface area (Å²) in [6.07, 6.45) is 7.60. The standard InChI is InChI=1S/C23H24N4O3S/c1-25-13-9-17(10-14-25)21-16-27(23-20(21)7-3-11-24-23)31(29,30)19-6-2-5-18(15-19)26-12-4-8-22(26)28/h2-3,5-7,9,11,15-16H,4,8,10,12-14H2,1H3. The van der Waals surface area contributed by atoms with Gasteiger partial charge in [0.2, 0.25) is 5.91 Å². The number of carbonyl (C=O) groups is 1. The predicted octanol–water partition coefficient (Wildman–Crippen LogP) is 3.12. The fourth-order valence-corrected chi connectivity index (χ4v) is 5.70. The number of fused-ring (bicyclic) bond motifs is 1. The third-order valence-corrected chi connectivity index (χ3v) is 7.70. The zero-order chi connectivity index (χ0) is 21.6. The number of pyridine rings is 1. The van der Waals surface area contributed by atoms with Crippen molar-refractivity contribution in [3.05, 3.63) is 60.4 Å². The number of amides is 1. The normalized spacial score (nSPS) is 18.0. The molecule has 2 aliphatic heterocycles. The highest BCUT2D eigenvalue weighted by molar-refractivity contribution is 7.90. The maximum absolute atomic E-state index is 13.6. The lowest BCUT2D eigenvalue weighted by atomic mass is 10.00. The SMILES string of the molecule is CN1CC=C(c2cn(S(=O)(=O)c3cccc(N4CCCC4=O)c3)c3ncccc23)CC1. The monoisotopic (exact) mass is 436 g/mol. The van der Waals surface area contributed by atoms with Crippen molar-refractivity contribution in [3.63, 3.8) is 0 Å². The Bertz CT molecular complexity index is 1310. The summed E-state index contributed by atoms with van der Waals surface area (Å²) in [6, 6.07) is 10.4. The molecule has 0 radical (unpaired) electrons. The largest absolute Gasteiger partial charge is 0.312 e. The summed E-state index contributed by atoms with van der Waals surface area (Å²) in [4.78, 5) is 20.6. The summed E-state index contributed by atoms with van der Waals surface area (Å²) in [5.41, 5.74) is 3.08. The van der Waals surface area contributed by atoms with E-state index < -0.39 is 10.0 Å². The van der Waals surface area contributed by atoms with Gasteiger partial charge in [-0.25, -0.2) is 17.4 Å². The Balaban J connectivity index is 1.62. The van der Waals surface area contributed by atoms with Gasteiger partial charge < -0.3 is 9.80 Å². The first-order valence-electron chi connectivity index (χ1n) is 10.5. The van der Waals surface area contributed by atoms with E-state index in [1.165, 1.54) is 3.97 Å². The molecular formula is C23H24N4O3S. The number of hydrogen-bond acceptors (Lipinski definition) is 5. The molecular weight excluding hydrogens is 412 g/mol. The number of aromatic nitrogens is 2. The number of benzene rings is 1. The van der Waals surface area contributed by atoms with Crippen molar-refractivity contribution in [2.75, 3.05) is 31.6 Å². The molecule has 8 heteroatoms. The summed E-state index contributed by atoms with van der Waals surface area (Å²) >= 11 is 0. The molecule has 0 bridgehead atoms. The maximum atomic E-state index is 13.6. The molecule has 1 fully saturated rings. The van der Waals surface area contributed by atoms with Gasteiger partial charge >= 0.3 is 0 Å². The van der Waals surface area contributed by atoms with Gasteiger partial charge in [0.1, 0.15) is 0 Å². The highest BCUT2D eigenvalue weighted by Gasteiger charge is 2.26. The molecule has 31 heavy (non-hydrogen) atoms.